The summed E-state index contributed by atoms with van der Waals surface area (Å²) in [6.07, 6.45) is 4.09. The maximum Gasteiger partial charge on any atom is 0.416 e. The van der Waals surface area contributed by atoms with Crippen molar-refractivity contribution >= 4 is 11.6 Å². The molecule has 0 aliphatic carbocycles. The van der Waals surface area contributed by atoms with Crippen molar-refractivity contribution < 1.29 is 9.37 Å². The third kappa shape index (κ3) is 2.26. The van der Waals surface area contributed by atoms with Crippen molar-refractivity contribution in [3.05, 3.63) is 47.5 Å². The molecule has 2 heterocycles. The van der Waals surface area contributed by atoms with E-state index in [0.717, 1.165) is 42.8 Å². The van der Waals surface area contributed by atoms with Crippen LogP contribution in [0.15, 0.2) is 42.0 Å². The third-order valence-electron chi connectivity index (χ3n) is 3.91. The smallest absolute Gasteiger partial charge is 0.316 e. The van der Waals surface area contributed by atoms with Crippen molar-refractivity contribution in [2.24, 2.45) is 0 Å². The molecule has 1 amide bonds. The molecule has 1 N–H and O–H groups in total. The molecule has 3 rings (SSSR count). The van der Waals surface area contributed by atoms with Gasteiger partial charge < -0.3 is 5.32 Å². The van der Waals surface area contributed by atoms with Crippen LogP contribution in [0.1, 0.15) is 25.3 Å². The van der Waals surface area contributed by atoms with Gasteiger partial charge in [-0.2, -0.15) is 4.58 Å². The number of allylic oxidation sites excluding steroid dienone is 1. The number of benzene rings is 1. The van der Waals surface area contributed by atoms with Crippen LogP contribution in [-0.2, 0) is 4.79 Å². The van der Waals surface area contributed by atoms with Crippen LogP contribution in [0.2, 0.25) is 0 Å². The second-order valence-corrected chi connectivity index (χ2v) is 5.23. The molecule has 2 aliphatic heterocycles. The highest BCUT2D eigenvalue weighted by Gasteiger charge is 2.38. The van der Waals surface area contributed by atoms with Crippen LogP contribution in [-0.4, -0.2) is 35.3 Å². The summed E-state index contributed by atoms with van der Waals surface area (Å²) in [6.45, 7) is 3.90. The fourth-order valence-electron chi connectivity index (χ4n) is 2.89. The summed E-state index contributed by atoms with van der Waals surface area (Å²) in [7, 11) is 0. The second-order valence-electron chi connectivity index (χ2n) is 5.23. The molecular formula is C16H19N2O+. The average Bonchev–Trinajstić information content (AvgIpc) is 2.77. The molecule has 1 aromatic rings. The van der Waals surface area contributed by atoms with Gasteiger partial charge in [-0.25, -0.2) is 4.79 Å². The van der Waals surface area contributed by atoms with E-state index < -0.39 is 0 Å². The maximum atomic E-state index is 12.4. The van der Waals surface area contributed by atoms with Crippen molar-refractivity contribution in [2.75, 3.05) is 13.1 Å². The van der Waals surface area contributed by atoms with Gasteiger partial charge in [0.05, 0.1) is 5.57 Å². The molecule has 1 fully saturated rings. The SMILES string of the molecule is CC1=CC(c2ccccc2)=[N+](C2CCNCC2)C1=O. The minimum absolute atomic E-state index is 0.172. The van der Waals surface area contributed by atoms with Gasteiger partial charge >= 0.3 is 5.91 Å². The Morgan fingerprint density at radius 2 is 1.84 bits per heavy atom. The van der Waals surface area contributed by atoms with Crippen LogP contribution >= 0.6 is 0 Å². The first kappa shape index (κ1) is 12.3. The Bertz CT molecular complexity index is 551. The van der Waals surface area contributed by atoms with Crippen LogP contribution in [0, 0.1) is 0 Å². The van der Waals surface area contributed by atoms with E-state index in [0.29, 0.717) is 6.04 Å². The van der Waals surface area contributed by atoms with Crippen molar-refractivity contribution in [1.29, 1.82) is 0 Å². The summed E-state index contributed by atoms with van der Waals surface area (Å²) in [5.41, 5.74) is 3.04. The number of carbonyl (C=O) groups is 1. The summed E-state index contributed by atoms with van der Waals surface area (Å²) < 4.78 is 2.01. The lowest BCUT2D eigenvalue weighted by Crippen LogP contribution is -2.41. The molecule has 19 heavy (non-hydrogen) atoms. The molecule has 2 aliphatic rings. The van der Waals surface area contributed by atoms with Gasteiger partial charge in [-0.1, -0.05) is 18.2 Å². The normalized spacial score (nSPS) is 20.9. The standard InChI is InChI=1S/C16H19N2O/c1-12-11-15(13-5-3-2-4-6-13)18(16(12)19)14-7-9-17-10-8-14/h2-6,11,14,17H,7-10H2,1H3/q+1. The van der Waals surface area contributed by atoms with E-state index in [1.165, 1.54) is 0 Å². The number of rotatable bonds is 2. The first-order valence-electron chi connectivity index (χ1n) is 6.92. The number of hydrogen-bond donors (Lipinski definition) is 1. The number of hydrogen-bond acceptors (Lipinski definition) is 2. The van der Waals surface area contributed by atoms with Crippen LogP contribution in [0.25, 0.3) is 0 Å². The molecule has 0 unspecified atom stereocenters. The first-order valence-corrected chi connectivity index (χ1v) is 6.92. The van der Waals surface area contributed by atoms with E-state index in [2.05, 4.69) is 17.4 Å². The highest BCUT2D eigenvalue weighted by atomic mass is 16.2. The van der Waals surface area contributed by atoms with Gasteiger partial charge in [-0.3, -0.25) is 0 Å². The van der Waals surface area contributed by atoms with Crippen molar-refractivity contribution in [3.8, 4) is 0 Å². The van der Waals surface area contributed by atoms with Crippen LogP contribution < -0.4 is 5.32 Å². The molecule has 1 aromatic carbocycles. The first-order chi connectivity index (χ1) is 9.27. The Hall–Kier alpha value is -1.74. The minimum Gasteiger partial charge on any atom is -0.316 e. The van der Waals surface area contributed by atoms with E-state index in [4.69, 9.17) is 0 Å². The minimum atomic E-state index is 0.172. The summed E-state index contributed by atoms with van der Waals surface area (Å²) in [5.74, 6) is 0.172. The Kier molecular flexibility index (Phi) is 3.30. The molecule has 0 saturated carbocycles. The average molecular weight is 255 g/mol. The second kappa shape index (κ2) is 5.10. The van der Waals surface area contributed by atoms with Gasteiger partial charge in [-0.05, 0) is 19.1 Å². The highest BCUT2D eigenvalue weighted by Crippen LogP contribution is 2.19. The monoisotopic (exact) mass is 255 g/mol. The summed E-state index contributed by atoms with van der Waals surface area (Å²) >= 11 is 0. The predicted octanol–water partition coefficient (Wildman–Crippen LogP) is 1.73. The van der Waals surface area contributed by atoms with E-state index in [9.17, 15) is 4.79 Å². The zero-order valence-corrected chi connectivity index (χ0v) is 11.2. The van der Waals surface area contributed by atoms with E-state index >= 15 is 0 Å². The van der Waals surface area contributed by atoms with Crippen LogP contribution in [0.5, 0.6) is 0 Å². The number of amides is 1. The molecule has 98 valence electrons. The molecule has 1 saturated heterocycles. The zero-order valence-electron chi connectivity index (χ0n) is 11.2. The fourth-order valence-corrected chi connectivity index (χ4v) is 2.89. The van der Waals surface area contributed by atoms with Crippen molar-refractivity contribution in [3.63, 3.8) is 0 Å². The molecule has 3 heteroatoms. The summed E-state index contributed by atoms with van der Waals surface area (Å²) in [5, 5.41) is 3.35. The largest absolute Gasteiger partial charge is 0.416 e. The van der Waals surface area contributed by atoms with Crippen LogP contribution in [0.3, 0.4) is 0 Å². The van der Waals surface area contributed by atoms with Gasteiger partial charge in [0, 0.05) is 37.6 Å². The third-order valence-corrected chi connectivity index (χ3v) is 3.91. The van der Waals surface area contributed by atoms with Crippen LogP contribution in [0.4, 0.5) is 0 Å². The Balaban J connectivity index is 2.03. The molecular weight excluding hydrogens is 236 g/mol. The molecule has 0 bridgehead atoms. The topological polar surface area (TPSA) is 32.1 Å². The zero-order chi connectivity index (χ0) is 13.2. The molecule has 3 nitrogen and oxygen atoms in total. The molecule has 0 aromatic heterocycles. The number of nitrogens with one attached hydrogen (secondary N) is 1. The van der Waals surface area contributed by atoms with E-state index in [1.54, 1.807) is 0 Å². The van der Waals surface area contributed by atoms with Gasteiger partial charge in [0.15, 0.2) is 6.04 Å². The Morgan fingerprint density at radius 1 is 1.16 bits per heavy atom. The summed E-state index contributed by atoms with van der Waals surface area (Å²) in [4.78, 5) is 12.4. The fraction of sp³-hybridized carbons (Fsp3) is 0.375. The number of carbonyl (C=O) groups excluding carboxylic acids is 1. The predicted molar refractivity (Wildman–Crippen MR) is 75.5 cm³/mol. The molecule has 0 atom stereocenters. The lowest BCUT2D eigenvalue weighted by atomic mass is 10.0. The number of piperidine rings is 1. The van der Waals surface area contributed by atoms with Crippen molar-refractivity contribution in [1.82, 2.24) is 5.32 Å². The quantitative estimate of drug-likeness (QED) is 0.816. The Morgan fingerprint density at radius 3 is 2.53 bits per heavy atom. The lowest BCUT2D eigenvalue weighted by Gasteiger charge is -2.19. The van der Waals surface area contributed by atoms with E-state index in [-0.39, 0.29) is 5.91 Å². The summed E-state index contributed by atoms with van der Waals surface area (Å²) in [6, 6.07) is 10.5. The van der Waals surface area contributed by atoms with E-state index in [1.807, 2.05) is 35.8 Å². The Labute approximate surface area is 113 Å². The number of nitrogens with zero attached hydrogens (tertiary/aromatic N) is 1. The van der Waals surface area contributed by atoms with Gasteiger partial charge in [0.25, 0.3) is 0 Å². The van der Waals surface area contributed by atoms with Gasteiger partial charge in [0.2, 0.25) is 5.71 Å². The van der Waals surface area contributed by atoms with Gasteiger partial charge in [-0.15, -0.1) is 0 Å². The maximum absolute atomic E-state index is 12.4. The lowest BCUT2D eigenvalue weighted by molar-refractivity contribution is -0.485. The van der Waals surface area contributed by atoms with Gasteiger partial charge in [0.1, 0.15) is 0 Å². The molecule has 0 radical (unpaired) electrons. The van der Waals surface area contributed by atoms with Crippen molar-refractivity contribution in [2.45, 2.75) is 25.8 Å². The molecule has 0 spiro atoms. The highest BCUT2D eigenvalue weighted by molar-refractivity contribution is 6.15.